The van der Waals surface area contributed by atoms with Crippen LogP contribution in [-0.2, 0) is 6.54 Å². The third-order valence-electron chi connectivity index (χ3n) is 3.47. The molecule has 2 saturated heterocycles. The molecule has 3 rings (SSSR count). The summed E-state index contributed by atoms with van der Waals surface area (Å²) < 4.78 is 6.36. The molecule has 2 atom stereocenters. The average Bonchev–Trinajstić information content (AvgIpc) is 2.81. The van der Waals surface area contributed by atoms with Crippen molar-refractivity contribution < 1.29 is 4.42 Å². The minimum absolute atomic E-state index is 0.832. The van der Waals surface area contributed by atoms with Crippen LogP contribution in [0, 0.1) is 11.8 Å². The van der Waals surface area contributed by atoms with Crippen molar-refractivity contribution >= 4 is 15.9 Å². The molecule has 1 aromatic heterocycles. The van der Waals surface area contributed by atoms with Crippen LogP contribution in [0.3, 0.4) is 0 Å². The van der Waals surface area contributed by atoms with Crippen LogP contribution in [0.5, 0.6) is 0 Å². The van der Waals surface area contributed by atoms with Gasteiger partial charge in [0.05, 0.1) is 6.54 Å². The summed E-state index contributed by atoms with van der Waals surface area (Å²) in [5.41, 5.74) is 0. The molecule has 15 heavy (non-hydrogen) atoms. The van der Waals surface area contributed by atoms with Crippen LogP contribution in [0.25, 0.3) is 0 Å². The van der Waals surface area contributed by atoms with Crippen LogP contribution in [0.2, 0.25) is 0 Å². The van der Waals surface area contributed by atoms with Crippen molar-refractivity contribution in [1.82, 2.24) is 10.2 Å². The minimum Gasteiger partial charge on any atom is -0.453 e. The molecule has 0 unspecified atom stereocenters. The predicted molar refractivity (Wildman–Crippen MR) is 61.5 cm³/mol. The topological polar surface area (TPSA) is 28.4 Å². The molecule has 0 aliphatic carbocycles. The van der Waals surface area contributed by atoms with Gasteiger partial charge in [0.25, 0.3) is 0 Å². The Morgan fingerprint density at radius 1 is 1.33 bits per heavy atom. The predicted octanol–water partition coefficient (Wildman–Crippen LogP) is 1.69. The van der Waals surface area contributed by atoms with Gasteiger partial charge in [-0.05, 0) is 53.0 Å². The molecular formula is C11H15BrN2O. The third kappa shape index (κ3) is 1.98. The first-order valence-corrected chi connectivity index (χ1v) is 6.28. The van der Waals surface area contributed by atoms with Gasteiger partial charge in [-0.15, -0.1) is 0 Å². The lowest BCUT2D eigenvalue weighted by molar-refractivity contribution is 0.275. The summed E-state index contributed by atoms with van der Waals surface area (Å²) in [5, 5.41) is 3.46. The summed E-state index contributed by atoms with van der Waals surface area (Å²) in [7, 11) is 0. The second kappa shape index (κ2) is 3.92. The van der Waals surface area contributed by atoms with Crippen molar-refractivity contribution in [2.45, 2.75) is 6.54 Å². The molecule has 0 radical (unpaired) electrons. The lowest BCUT2D eigenvalue weighted by Gasteiger charge is -2.14. The van der Waals surface area contributed by atoms with Gasteiger partial charge in [-0.3, -0.25) is 4.90 Å². The van der Waals surface area contributed by atoms with Gasteiger partial charge >= 0.3 is 0 Å². The highest BCUT2D eigenvalue weighted by Gasteiger charge is 2.35. The normalized spacial score (nSPS) is 31.0. The van der Waals surface area contributed by atoms with Gasteiger partial charge in [-0.2, -0.15) is 0 Å². The molecule has 3 heterocycles. The van der Waals surface area contributed by atoms with Gasteiger partial charge in [0.1, 0.15) is 5.76 Å². The molecule has 1 N–H and O–H groups in total. The van der Waals surface area contributed by atoms with Crippen molar-refractivity contribution in [1.29, 1.82) is 0 Å². The number of rotatable bonds is 2. The number of fused-ring (bicyclic) bond motifs is 1. The first-order valence-electron chi connectivity index (χ1n) is 5.48. The Balaban J connectivity index is 1.61. The first kappa shape index (κ1) is 9.87. The number of hydrogen-bond donors (Lipinski definition) is 1. The molecule has 82 valence electrons. The summed E-state index contributed by atoms with van der Waals surface area (Å²) in [6, 6.07) is 4.02. The number of furan rings is 1. The Hall–Kier alpha value is -0.320. The van der Waals surface area contributed by atoms with E-state index in [1.54, 1.807) is 0 Å². The second-order valence-corrected chi connectivity index (χ2v) is 5.36. The highest BCUT2D eigenvalue weighted by molar-refractivity contribution is 9.10. The monoisotopic (exact) mass is 270 g/mol. The smallest absolute Gasteiger partial charge is 0.169 e. The average molecular weight is 271 g/mol. The minimum atomic E-state index is 0.832. The summed E-state index contributed by atoms with van der Waals surface area (Å²) in [4.78, 5) is 2.50. The van der Waals surface area contributed by atoms with Gasteiger partial charge in [-0.1, -0.05) is 0 Å². The van der Waals surface area contributed by atoms with E-state index in [9.17, 15) is 0 Å². The fourth-order valence-corrected chi connectivity index (χ4v) is 3.08. The maximum absolute atomic E-state index is 5.53. The number of hydrogen-bond acceptors (Lipinski definition) is 3. The number of halogens is 1. The molecule has 2 aliphatic heterocycles. The molecular weight excluding hydrogens is 256 g/mol. The molecule has 1 aromatic rings. The van der Waals surface area contributed by atoms with E-state index in [4.69, 9.17) is 4.42 Å². The van der Waals surface area contributed by atoms with E-state index in [0.717, 1.165) is 28.8 Å². The molecule has 3 nitrogen and oxygen atoms in total. The molecule has 0 spiro atoms. The lowest BCUT2D eigenvalue weighted by Crippen LogP contribution is -2.25. The highest BCUT2D eigenvalue weighted by atomic mass is 79.9. The van der Waals surface area contributed by atoms with Gasteiger partial charge in [0.15, 0.2) is 4.67 Å². The van der Waals surface area contributed by atoms with Crippen LogP contribution in [0.4, 0.5) is 0 Å². The van der Waals surface area contributed by atoms with Crippen molar-refractivity contribution in [3.8, 4) is 0 Å². The van der Waals surface area contributed by atoms with E-state index in [0.29, 0.717) is 0 Å². The lowest BCUT2D eigenvalue weighted by atomic mass is 10.0. The molecule has 0 saturated carbocycles. The molecule has 0 bridgehead atoms. The Labute approximate surface area is 97.9 Å². The second-order valence-electron chi connectivity index (χ2n) is 4.58. The zero-order chi connectivity index (χ0) is 10.3. The maximum Gasteiger partial charge on any atom is 0.169 e. The Bertz CT molecular complexity index is 340. The Morgan fingerprint density at radius 3 is 2.67 bits per heavy atom. The fraction of sp³-hybridized carbons (Fsp3) is 0.636. The van der Waals surface area contributed by atoms with Crippen molar-refractivity contribution in [2.24, 2.45) is 11.8 Å². The summed E-state index contributed by atoms with van der Waals surface area (Å²) in [6.07, 6.45) is 0. The molecule has 4 heteroatoms. The summed E-state index contributed by atoms with van der Waals surface area (Å²) in [6.45, 7) is 5.79. The van der Waals surface area contributed by atoms with Crippen LogP contribution < -0.4 is 5.32 Å². The highest BCUT2D eigenvalue weighted by Crippen LogP contribution is 2.28. The van der Waals surface area contributed by atoms with E-state index in [1.807, 2.05) is 6.07 Å². The van der Waals surface area contributed by atoms with Gasteiger partial charge in [0, 0.05) is 13.1 Å². The SMILES string of the molecule is Brc1ccc(CN2C[C@H]3CNC[C@H]3C2)o1. The largest absolute Gasteiger partial charge is 0.453 e. The van der Waals surface area contributed by atoms with Crippen LogP contribution in [0.1, 0.15) is 5.76 Å². The number of nitrogens with zero attached hydrogens (tertiary/aromatic N) is 1. The van der Waals surface area contributed by atoms with Crippen LogP contribution in [-0.4, -0.2) is 31.1 Å². The van der Waals surface area contributed by atoms with Crippen molar-refractivity contribution in [3.05, 3.63) is 22.6 Å². The van der Waals surface area contributed by atoms with Crippen molar-refractivity contribution in [2.75, 3.05) is 26.2 Å². The van der Waals surface area contributed by atoms with Gasteiger partial charge in [-0.25, -0.2) is 0 Å². The molecule has 2 fully saturated rings. The van der Waals surface area contributed by atoms with E-state index < -0.39 is 0 Å². The summed E-state index contributed by atoms with van der Waals surface area (Å²) in [5.74, 6) is 2.79. The Morgan fingerprint density at radius 2 is 2.07 bits per heavy atom. The van der Waals surface area contributed by atoms with Gasteiger partial charge in [0.2, 0.25) is 0 Å². The zero-order valence-corrected chi connectivity index (χ0v) is 10.2. The third-order valence-corrected chi connectivity index (χ3v) is 3.90. The van der Waals surface area contributed by atoms with Crippen molar-refractivity contribution in [3.63, 3.8) is 0 Å². The van der Waals surface area contributed by atoms with E-state index >= 15 is 0 Å². The standard InChI is InChI=1S/C11H15BrN2O/c12-11-2-1-10(15-11)7-14-5-8-3-13-4-9(8)6-14/h1-2,8-9,13H,3-7H2/t8-,9+. The van der Waals surface area contributed by atoms with Gasteiger partial charge < -0.3 is 9.73 Å². The first-order chi connectivity index (χ1) is 7.31. The van der Waals surface area contributed by atoms with E-state index in [1.165, 1.54) is 26.2 Å². The molecule has 2 aliphatic rings. The van der Waals surface area contributed by atoms with Crippen LogP contribution >= 0.6 is 15.9 Å². The fourth-order valence-electron chi connectivity index (χ4n) is 2.74. The summed E-state index contributed by atoms with van der Waals surface area (Å²) >= 11 is 3.33. The zero-order valence-electron chi connectivity index (χ0n) is 8.58. The molecule has 0 amide bonds. The Kier molecular flexibility index (Phi) is 2.58. The quantitative estimate of drug-likeness (QED) is 0.887. The number of likely N-dealkylation sites (tertiary alicyclic amines) is 1. The number of nitrogens with one attached hydrogen (secondary N) is 1. The van der Waals surface area contributed by atoms with E-state index in [2.05, 4.69) is 32.2 Å². The van der Waals surface area contributed by atoms with E-state index in [-0.39, 0.29) is 0 Å². The maximum atomic E-state index is 5.53. The van der Waals surface area contributed by atoms with Crippen LogP contribution in [0.15, 0.2) is 21.2 Å². The molecule has 0 aromatic carbocycles.